The minimum atomic E-state index is -0.381. The molecule has 0 bridgehead atoms. The summed E-state index contributed by atoms with van der Waals surface area (Å²) in [4.78, 5) is 0. The van der Waals surface area contributed by atoms with E-state index >= 15 is 0 Å². The Bertz CT molecular complexity index is 910. The molecule has 0 spiro atoms. The van der Waals surface area contributed by atoms with Crippen molar-refractivity contribution in [2.45, 2.75) is 18.2 Å². The summed E-state index contributed by atoms with van der Waals surface area (Å²) in [7, 11) is 0. The van der Waals surface area contributed by atoms with E-state index in [2.05, 4.69) is 16.9 Å². The predicted molar refractivity (Wildman–Crippen MR) is 99.8 cm³/mol. The molecular weight excluding hydrogens is 371 g/mol. The number of hydrogen-bond acceptors (Lipinski definition) is 5. The van der Waals surface area contributed by atoms with Crippen LogP contribution in [0.5, 0.6) is 0 Å². The quantitative estimate of drug-likeness (QED) is 0.734. The van der Waals surface area contributed by atoms with E-state index in [1.54, 1.807) is 12.1 Å². The Kier molecular flexibility index (Phi) is 4.51. The number of hydrazine groups is 1. The third-order valence-corrected chi connectivity index (χ3v) is 5.47. The molecule has 2 heterocycles. The molecular formula is C19H16Cl2N4O. The lowest BCUT2D eigenvalue weighted by molar-refractivity contribution is 0.0341. The number of allylic oxidation sites excluding steroid dienone is 1. The van der Waals surface area contributed by atoms with Crippen LogP contribution in [0.2, 0.25) is 10.0 Å². The fraction of sp³-hybridized carbons (Fsp3) is 0.211. The zero-order valence-corrected chi connectivity index (χ0v) is 15.1. The summed E-state index contributed by atoms with van der Waals surface area (Å²) in [5.41, 5.74) is 14.7. The van der Waals surface area contributed by atoms with Gasteiger partial charge in [-0.1, -0.05) is 59.6 Å². The minimum Gasteiger partial charge on any atom is -0.458 e. The van der Waals surface area contributed by atoms with Gasteiger partial charge in [-0.3, -0.25) is 0 Å². The third-order valence-electron chi connectivity index (χ3n) is 4.91. The third kappa shape index (κ3) is 2.81. The summed E-state index contributed by atoms with van der Waals surface area (Å²) < 4.78 is 5.77. The number of nitriles is 1. The van der Waals surface area contributed by atoms with Crippen molar-refractivity contribution in [2.75, 3.05) is 0 Å². The number of nitrogens with one attached hydrogen (secondary N) is 2. The molecule has 7 heteroatoms. The van der Waals surface area contributed by atoms with Crippen LogP contribution in [0.15, 0.2) is 60.0 Å². The second kappa shape index (κ2) is 6.82. The van der Waals surface area contributed by atoms with E-state index in [1.807, 2.05) is 36.4 Å². The van der Waals surface area contributed by atoms with Gasteiger partial charge < -0.3 is 10.5 Å². The van der Waals surface area contributed by atoms with Crippen LogP contribution >= 0.6 is 23.2 Å². The molecule has 26 heavy (non-hydrogen) atoms. The molecule has 132 valence electrons. The summed E-state index contributed by atoms with van der Waals surface area (Å²) in [5, 5.41) is 10.8. The van der Waals surface area contributed by atoms with Crippen LogP contribution < -0.4 is 16.6 Å². The van der Waals surface area contributed by atoms with Gasteiger partial charge in [-0.15, -0.1) is 0 Å². The molecule has 2 aromatic rings. The number of benzene rings is 2. The molecule has 2 aromatic carbocycles. The Morgan fingerprint density at radius 2 is 1.85 bits per heavy atom. The van der Waals surface area contributed by atoms with Crippen molar-refractivity contribution in [3.63, 3.8) is 0 Å². The molecule has 2 aliphatic rings. The first-order valence-corrected chi connectivity index (χ1v) is 8.93. The first-order valence-electron chi connectivity index (χ1n) is 8.17. The smallest absolute Gasteiger partial charge is 0.200 e. The highest BCUT2D eigenvalue weighted by Crippen LogP contribution is 2.48. The maximum atomic E-state index is 9.74. The normalized spacial score (nSPS) is 27.6. The fourth-order valence-corrected chi connectivity index (χ4v) is 4.29. The van der Waals surface area contributed by atoms with Crippen molar-refractivity contribution in [2.24, 2.45) is 11.7 Å². The molecule has 1 saturated heterocycles. The van der Waals surface area contributed by atoms with Crippen LogP contribution in [0.3, 0.4) is 0 Å². The Morgan fingerprint density at radius 3 is 2.54 bits per heavy atom. The monoisotopic (exact) mass is 386 g/mol. The number of rotatable bonds is 2. The SMILES string of the molecule is N#CC1=C(N)OC2NNC(c3ccccc3)C2C1c1ccc(Cl)cc1Cl. The van der Waals surface area contributed by atoms with E-state index in [-0.39, 0.29) is 30.0 Å². The molecule has 0 aliphatic carbocycles. The maximum Gasteiger partial charge on any atom is 0.200 e. The molecule has 4 atom stereocenters. The van der Waals surface area contributed by atoms with Gasteiger partial charge >= 0.3 is 0 Å². The Hall–Kier alpha value is -2.23. The van der Waals surface area contributed by atoms with Crippen LogP contribution in [0.1, 0.15) is 23.1 Å². The zero-order chi connectivity index (χ0) is 18.3. The molecule has 0 aromatic heterocycles. The van der Waals surface area contributed by atoms with Crippen molar-refractivity contribution in [3.05, 3.63) is 81.2 Å². The molecule has 4 rings (SSSR count). The maximum absolute atomic E-state index is 9.74. The van der Waals surface area contributed by atoms with Gasteiger partial charge in [-0.25, -0.2) is 10.9 Å². The lowest BCUT2D eigenvalue weighted by Gasteiger charge is -2.36. The first-order chi connectivity index (χ1) is 12.6. The first kappa shape index (κ1) is 17.2. The number of fused-ring (bicyclic) bond motifs is 1. The number of halogens is 2. The van der Waals surface area contributed by atoms with Gasteiger partial charge in [-0.05, 0) is 23.3 Å². The van der Waals surface area contributed by atoms with Gasteiger partial charge in [0.1, 0.15) is 6.07 Å². The Labute approximate surface area is 161 Å². The highest BCUT2D eigenvalue weighted by atomic mass is 35.5. The van der Waals surface area contributed by atoms with Crippen molar-refractivity contribution in [3.8, 4) is 6.07 Å². The van der Waals surface area contributed by atoms with E-state index in [9.17, 15) is 5.26 Å². The Balaban J connectivity index is 1.86. The van der Waals surface area contributed by atoms with Crippen molar-refractivity contribution >= 4 is 23.2 Å². The highest BCUT2D eigenvalue weighted by molar-refractivity contribution is 6.35. The molecule has 4 N–H and O–H groups in total. The van der Waals surface area contributed by atoms with Gasteiger partial charge in [0.2, 0.25) is 5.88 Å². The number of hydrogen-bond donors (Lipinski definition) is 3. The van der Waals surface area contributed by atoms with E-state index in [1.165, 1.54) is 0 Å². The van der Waals surface area contributed by atoms with Crippen LogP contribution in [0, 0.1) is 17.2 Å². The molecule has 1 fully saturated rings. The van der Waals surface area contributed by atoms with E-state index < -0.39 is 0 Å². The number of nitrogens with zero attached hydrogens (tertiary/aromatic N) is 1. The predicted octanol–water partition coefficient (Wildman–Crippen LogP) is 3.59. The van der Waals surface area contributed by atoms with Crippen molar-refractivity contribution in [1.82, 2.24) is 10.9 Å². The van der Waals surface area contributed by atoms with E-state index in [0.29, 0.717) is 15.6 Å². The van der Waals surface area contributed by atoms with Crippen LogP contribution in [-0.2, 0) is 4.74 Å². The Morgan fingerprint density at radius 1 is 1.08 bits per heavy atom. The lowest BCUT2D eigenvalue weighted by Crippen LogP contribution is -2.41. The number of nitrogens with two attached hydrogens (primary N) is 1. The van der Waals surface area contributed by atoms with Gasteiger partial charge in [0.05, 0.1) is 11.6 Å². The van der Waals surface area contributed by atoms with Crippen LogP contribution in [0.4, 0.5) is 0 Å². The topological polar surface area (TPSA) is 83.1 Å². The summed E-state index contributed by atoms with van der Waals surface area (Å²) in [5.74, 6) is -0.318. The highest BCUT2D eigenvalue weighted by Gasteiger charge is 2.49. The average molecular weight is 387 g/mol. The van der Waals surface area contributed by atoms with Gasteiger partial charge in [-0.2, -0.15) is 5.26 Å². The summed E-state index contributed by atoms with van der Waals surface area (Å²) in [6.45, 7) is 0. The summed E-state index contributed by atoms with van der Waals surface area (Å²) in [6, 6.07) is 17.4. The van der Waals surface area contributed by atoms with Crippen LogP contribution in [0.25, 0.3) is 0 Å². The molecule has 5 nitrogen and oxygen atoms in total. The number of ether oxygens (including phenoxy) is 1. The minimum absolute atomic E-state index is 0.0746. The average Bonchev–Trinajstić information content (AvgIpc) is 3.05. The lowest BCUT2D eigenvalue weighted by atomic mass is 9.74. The molecule has 2 aliphatic heterocycles. The van der Waals surface area contributed by atoms with E-state index in [4.69, 9.17) is 33.7 Å². The van der Waals surface area contributed by atoms with Gasteiger partial charge in [0, 0.05) is 21.9 Å². The molecule has 4 unspecified atom stereocenters. The van der Waals surface area contributed by atoms with Gasteiger partial charge in [0.25, 0.3) is 0 Å². The summed E-state index contributed by atoms with van der Waals surface area (Å²) >= 11 is 12.5. The van der Waals surface area contributed by atoms with Gasteiger partial charge in [0.15, 0.2) is 6.23 Å². The summed E-state index contributed by atoms with van der Waals surface area (Å²) in [6.07, 6.45) is -0.381. The zero-order valence-electron chi connectivity index (χ0n) is 13.6. The standard InChI is InChI=1S/C19H16Cl2N4O/c20-11-6-7-12(14(21)8-11)15-13(9-22)18(23)26-19-16(15)17(24-25-19)10-4-2-1-3-5-10/h1-8,15-17,19,24-25H,23H2. The fourth-order valence-electron chi connectivity index (χ4n) is 3.77. The second-order valence-electron chi connectivity index (χ2n) is 6.33. The molecule has 0 saturated carbocycles. The van der Waals surface area contributed by atoms with E-state index in [0.717, 1.165) is 11.1 Å². The molecule has 0 radical (unpaired) electrons. The largest absolute Gasteiger partial charge is 0.458 e. The van der Waals surface area contributed by atoms with Crippen LogP contribution in [-0.4, -0.2) is 6.23 Å². The van der Waals surface area contributed by atoms with Crippen molar-refractivity contribution < 1.29 is 4.74 Å². The molecule has 0 amide bonds. The van der Waals surface area contributed by atoms with Crippen molar-refractivity contribution in [1.29, 1.82) is 5.26 Å². The second-order valence-corrected chi connectivity index (χ2v) is 7.17.